The van der Waals surface area contributed by atoms with Crippen LogP contribution in [0, 0.1) is 5.82 Å². The summed E-state index contributed by atoms with van der Waals surface area (Å²) in [7, 11) is 1.49. The summed E-state index contributed by atoms with van der Waals surface area (Å²) >= 11 is 0. The van der Waals surface area contributed by atoms with Gasteiger partial charge in [-0.2, -0.15) is 4.98 Å². The fourth-order valence-corrected chi connectivity index (χ4v) is 2.29. The normalized spacial score (nSPS) is 16.1. The fraction of sp³-hybridized carbons (Fsp3) is 0.429. The lowest BCUT2D eigenvalue weighted by atomic mass is 10.2. The Labute approximate surface area is 121 Å². The monoisotopic (exact) mass is 292 g/mol. The summed E-state index contributed by atoms with van der Waals surface area (Å²) < 4.78 is 24.1. The number of hydrogen-bond donors (Lipinski definition) is 1. The van der Waals surface area contributed by atoms with Crippen molar-refractivity contribution in [2.45, 2.75) is 6.54 Å². The molecule has 0 bridgehead atoms. The molecule has 0 spiro atoms. The molecule has 1 aromatic carbocycles. The summed E-state index contributed by atoms with van der Waals surface area (Å²) in [6, 6.07) is 4.55. The molecule has 0 radical (unpaired) electrons. The maximum atomic E-state index is 14.0. The first kappa shape index (κ1) is 14.0. The van der Waals surface area contributed by atoms with Crippen molar-refractivity contribution in [3.05, 3.63) is 29.8 Å². The molecule has 0 saturated carbocycles. The van der Waals surface area contributed by atoms with E-state index in [-0.39, 0.29) is 11.5 Å². The predicted octanol–water partition coefficient (Wildman–Crippen LogP) is 1.29. The molecule has 1 saturated heterocycles. The van der Waals surface area contributed by atoms with Gasteiger partial charge < -0.3 is 14.6 Å². The van der Waals surface area contributed by atoms with E-state index in [2.05, 4.69) is 20.4 Å². The molecule has 0 amide bonds. The van der Waals surface area contributed by atoms with Gasteiger partial charge in [0, 0.05) is 32.2 Å². The SMILES string of the molecule is COc1ccc(-c2nc(CN3CCNCC3)no2)c(F)c1. The highest BCUT2D eigenvalue weighted by molar-refractivity contribution is 5.55. The number of hydrogen-bond acceptors (Lipinski definition) is 6. The lowest BCUT2D eigenvalue weighted by Crippen LogP contribution is -2.43. The van der Waals surface area contributed by atoms with Crippen LogP contribution in [0.3, 0.4) is 0 Å². The van der Waals surface area contributed by atoms with E-state index in [9.17, 15) is 4.39 Å². The van der Waals surface area contributed by atoms with Crippen molar-refractivity contribution in [3.8, 4) is 17.2 Å². The fourth-order valence-electron chi connectivity index (χ4n) is 2.29. The molecule has 1 fully saturated rings. The number of halogens is 1. The standard InChI is InChI=1S/C14H17FN4O2/c1-20-10-2-3-11(12(15)8-10)14-17-13(18-21-14)9-19-6-4-16-5-7-19/h2-3,8,16H,4-7,9H2,1H3. The molecule has 7 heteroatoms. The quantitative estimate of drug-likeness (QED) is 0.916. The zero-order valence-corrected chi connectivity index (χ0v) is 11.8. The van der Waals surface area contributed by atoms with Crippen LogP contribution >= 0.6 is 0 Å². The number of methoxy groups -OCH3 is 1. The molecule has 21 heavy (non-hydrogen) atoms. The van der Waals surface area contributed by atoms with E-state index in [1.165, 1.54) is 13.2 Å². The first-order valence-electron chi connectivity index (χ1n) is 6.86. The molecule has 1 aliphatic heterocycles. The number of rotatable bonds is 4. The average Bonchev–Trinajstić information content (AvgIpc) is 2.96. The number of nitrogens with one attached hydrogen (secondary N) is 1. The van der Waals surface area contributed by atoms with Crippen LogP contribution in [-0.2, 0) is 6.54 Å². The summed E-state index contributed by atoms with van der Waals surface area (Å²) in [5.41, 5.74) is 0.287. The second kappa shape index (κ2) is 6.19. The van der Waals surface area contributed by atoms with Crippen molar-refractivity contribution in [1.82, 2.24) is 20.4 Å². The van der Waals surface area contributed by atoms with Crippen molar-refractivity contribution in [2.24, 2.45) is 0 Å². The van der Waals surface area contributed by atoms with E-state index in [1.54, 1.807) is 12.1 Å². The van der Waals surface area contributed by atoms with Crippen molar-refractivity contribution in [3.63, 3.8) is 0 Å². The number of nitrogens with zero attached hydrogens (tertiary/aromatic N) is 3. The summed E-state index contributed by atoms with van der Waals surface area (Å²) in [5.74, 6) is 0.783. The Morgan fingerprint density at radius 1 is 1.38 bits per heavy atom. The van der Waals surface area contributed by atoms with Gasteiger partial charge in [-0.15, -0.1) is 0 Å². The topological polar surface area (TPSA) is 63.4 Å². The molecule has 112 valence electrons. The highest BCUT2D eigenvalue weighted by Gasteiger charge is 2.17. The molecule has 0 unspecified atom stereocenters. The smallest absolute Gasteiger partial charge is 0.260 e. The van der Waals surface area contributed by atoms with Crippen molar-refractivity contribution < 1.29 is 13.7 Å². The van der Waals surface area contributed by atoms with Crippen molar-refractivity contribution in [2.75, 3.05) is 33.3 Å². The number of aromatic nitrogens is 2. The van der Waals surface area contributed by atoms with E-state index < -0.39 is 5.82 Å². The molecular formula is C14H17FN4O2. The average molecular weight is 292 g/mol. The minimum Gasteiger partial charge on any atom is -0.497 e. The Bertz CT molecular complexity index is 611. The van der Waals surface area contributed by atoms with Crippen LogP contribution in [0.4, 0.5) is 4.39 Å². The van der Waals surface area contributed by atoms with Crippen LogP contribution in [0.5, 0.6) is 5.75 Å². The Balaban J connectivity index is 1.75. The van der Waals surface area contributed by atoms with E-state index in [1.807, 2.05) is 0 Å². The molecule has 2 aromatic rings. The van der Waals surface area contributed by atoms with Gasteiger partial charge in [0.05, 0.1) is 19.2 Å². The third-order valence-corrected chi connectivity index (χ3v) is 3.45. The third kappa shape index (κ3) is 3.20. The number of ether oxygens (including phenoxy) is 1. The van der Waals surface area contributed by atoms with Crippen LogP contribution in [0.1, 0.15) is 5.82 Å². The van der Waals surface area contributed by atoms with E-state index in [0.717, 1.165) is 26.2 Å². The van der Waals surface area contributed by atoms with Crippen molar-refractivity contribution >= 4 is 0 Å². The van der Waals surface area contributed by atoms with Crippen molar-refractivity contribution in [1.29, 1.82) is 0 Å². The lowest BCUT2D eigenvalue weighted by molar-refractivity contribution is 0.225. The van der Waals surface area contributed by atoms with Gasteiger partial charge in [-0.3, -0.25) is 4.90 Å². The predicted molar refractivity (Wildman–Crippen MR) is 74.4 cm³/mol. The minimum atomic E-state index is -0.438. The summed E-state index contributed by atoms with van der Waals surface area (Å²) in [6.45, 7) is 4.42. The molecule has 1 aliphatic rings. The molecule has 6 nitrogen and oxygen atoms in total. The van der Waals surface area contributed by atoms with E-state index in [4.69, 9.17) is 9.26 Å². The van der Waals surface area contributed by atoms with Gasteiger partial charge in [-0.25, -0.2) is 4.39 Å². The van der Waals surface area contributed by atoms with Crippen LogP contribution in [0.2, 0.25) is 0 Å². The van der Waals surface area contributed by atoms with Gasteiger partial charge in [0.25, 0.3) is 5.89 Å². The van der Waals surface area contributed by atoms with Gasteiger partial charge in [-0.05, 0) is 12.1 Å². The first-order valence-corrected chi connectivity index (χ1v) is 6.86. The number of piperazine rings is 1. The van der Waals surface area contributed by atoms with Gasteiger partial charge >= 0.3 is 0 Å². The summed E-state index contributed by atoms with van der Waals surface area (Å²) in [5, 5.41) is 7.21. The molecule has 3 rings (SSSR count). The van der Waals surface area contributed by atoms with Crippen LogP contribution in [-0.4, -0.2) is 48.3 Å². The number of benzene rings is 1. The maximum absolute atomic E-state index is 14.0. The zero-order valence-electron chi connectivity index (χ0n) is 11.8. The van der Waals surface area contributed by atoms with Gasteiger partial charge in [0.1, 0.15) is 11.6 Å². The Morgan fingerprint density at radius 3 is 2.90 bits per heavy atom. The maximum Gasteiger partial charge on any atom is 0.260 e. The van der Waals surface area contributed by atoms with Gasteiger partial charge in [-0.1, -0.05) is 5.16 Å². The third-order valence-electron chi connectivity index (χ3n) is 3.45. The van der Waals surface area contributed by atoms with Crippen LogP contribution in [0.15, 0.2) is 22.7 Å². The van der Waals surface area contributed by atoms with E-state index >= 15 is 0 Å². The van der Waals surface area contributed by atoms with Gasteiger partial charge in [0.2, 0.25) is 0 Å². The molecule has 0 aliphatic carbocycles. The molecule has 2 heterocycles. The first-order chi connectivity index (χ1) is 10.3. The lowest BCUT2D eigenvalue weighted by Gasteiger charge is -2.25. The molecule has 1 N–H and O–H groups in total. The Morgan fingerprint density at radius 2 is 2.19 bits per heavy atom. The second-order valence-corrected chi connectivity index (χ2v) is 4.89. The van der Waals surface area contributed by atoms with E-state index in [0.29, 0.717) is 18.1 Å². The zero-order chi connectivity index (χ0) is 14.7. The molecular weight excluding hydrogens is 275 g/mol. The Hall–Kier alpha value is -1.99. The van der Waals surface area contributed by atoms with Gasteiger partial charge in [0.15, 0.2) is 5.82 Å². The largest absolute Gasteiger partial charge is 0.497 e. The second-order valence-electron chi connectivity index (χ2n) is 4.89. The highest BCUT2D eigenvalue weighted by Crippen LogP contribution is 2.25. The highest BCUT2D eigenvalue weighted by atomic mass is 19.1. The molecule has 1 aromatic heterocycles. The minimum absolute atomic E-state index is 0.195. The summed E-state index contributed by atoms with van der Waals surface area (Å²) in [6.07, 6.45) is 0. The Kier molecular flexibility index (Phi) is 4.12. The summed E-state index contributed by atoms with van der Waals surface area (Å²) in [4.78, 5) is 6.50. The van der Waals surface area contributed by atoms with Crippen LogP contribution in [0.25, 0.3) is 11.5 Å². The van der Waals surface area contributed by atoms with Crippen LogP contribution < -0.4 is 10.1 Å². The molecule has 0 atom stereocenters.